The molecule has 0 amide bonds. The zero-order chi connectivity index (χ0) is 11.7. The second kappa shape index (κ2) is 4.61. The largest absolute Gasteiger partial charge is 0.453 e. The molecule has 0 radical (unpaired) electrons. The molecule has 2 rings (SSSR count). The summed E-state index contributed by atoms with van der Waals surface area (Å²) in [5, 5.41) is 9.14. The number of fused-ring (bicyclic) bond motifs is 1. The van der Waals surface area contributed by atoms with Crippen molar-refractivity contribution in [2.24, 2.45) is 5.73 Å². The molecule has 0 saturated carbocycles. The van der Waals surface area contributed by atoms with Gasteiger partial charge >= 0.3 is 0 Å². The summed E-state index contributed by atoms with van der Waals surface area (Å²) in [5.41, 5.74) is 7.78. The van der Waals surface area contributed by atoms with Crippen LogP contribution >= 0.6 is 15.9 Å². The molecule has 88 valence electrons. The summed E-state index contributed by atoms with van der Waals surface area (Å²) in [4.78, 5) is 0. The molecule has 16 heavy (non-hydrogen) atoms. The molecule has 5 heteroatoms. The Morgan fingerprint density at radius 1 is 1.50 bits per heavy atom. The Balaban J connectivity index is 2.57. The first kappa shape index (κ1) is 11.7. The minimum atomic E-state index is -0.388. The minimum absolute atomic E-state index is 0.0842. The van der Waals surface area contributed by atoms with E-state index in [9.17, 15) is 0 Å². The third kappa shape index (κ3) is 1.79. The van der Waals surface area contributed by atoms with Crippen LogP contribution in [0.25, 0.3) is 0 Å². The van der Waals surface area contributed by atoms with Crippen molar-refractivity contribution in [3.63, 3.8) is 0 Å². The molecular weight excluding hydrogens is 274 g/mol. The first-order valence-corrected chi connectivity index (χ1v) is 5.95. The number of hydrogen-bond acceptors (Lipinski definition) is 4. The summed E-state index contributed by atoms with van der Waals surface area (Å²) in [6, 6.07) is 1.51. The topological polar surface area (TPSA) is 64.7 Å². The van der Waals surface area contributed by atoms with Crippen molar-refractivity contribution in [2.45, 2.75) is 19.4 Å². The van der Waals surface area contributed by atoms with Gasteiger partial charge in [0.25, 0.3) is 0 Å². The predicted molar refractivity (Wildman–Crippen MR) is 63.7 cm³/mol. The maximum absolute atomic E-state index is 9.14. The van der Waals surface area contributed by atoms with E-state index < -0.39 is 0 Å². The second-order valence-electron chi connectivity index (χ2n) is 3.63. The zero-order valence-electron chi connectivity index (χ0n) is 9.00. The minimum Gasteiger partial charge on any atom is -0.453 e. The fraction of sp³-hybridized carbons (Fsp3) is 0.455. The Bertz CT molecular complexity index is 409. The number of rotatable bonds is 3. The molecule has 1 heterocycles. The average Bonchev–Trinajstić information content (AvgIpc) is 2.77. The van der Waals surface area contributed by atoms with Crippen molar-refractivity contribution in [2.75, 3.05) is 13.4 Å². The van der Waals surface area contributed by atoms with Crippen molar-refractivity contribution >= 4 is 15.9 Å². The van der Waals surface area contributed by atoms with Gasteiger partial charge in [-0.3, -0.25) is 0 Å². The van der Waals surface area contributed by atoms with Crippen LogP contribution in [0.15, 0.2) is 10.5 Å². The van der Waals surface area contributed by atoms with Crippen LogP contribution in [0.3, 0.4) is 0 Å². The molecule has 0 saturated heterocycles. The van der Waals surface area contributed by atoms with Gasteiger partial charge in [0, 0.05) is 5.56 Å². The molecule has 1 aliphatic heterocycles. The first-order valence-electron chi connectivity index (χ1n) is 5.16. The Morgan fingerprint density at radius 2 is 2.19 bits per heavy atom. The predicted octanol–water partition coefficient (Wildman–Crippen LogP) is 1.73. The summed E-state index contributed by atoms with van der Waals surface area (Å²) >= 11 is 3.42. The fourth-order valence-corrected chi connectivity index (χ4v) is 2.44. The van der Waals surface area contributed by atoms with Crippen LogP contribution in [0.1, 0.15) is 24.1 Å². The molecule has 1 aliphatic rings. The Kier molecular flexibility index (Phi) is 3.37. The summed E-state index contributed by atoms with van der Waals surface area (Å²) in [6.45, 7) is 2.18. The van der Waals surface area contributed by atoms with Crippen molar-refractivity contribution in [1.82, 2.24) is 0 Å². The van der Waals surface area contributed by atoms with Crippen LogP contribution in [0, 0.1) is 0 Å². The van der Waals surface area contributed by atoms with E-state index in [1.54, 1.807) is 0 Å². The highest BCUT2D eigenvalue weighted by Gasteiger charge is 2.25. The molecule has 1 unspecified atom stereocenters. The van der Waals surface area contributed by atoms with Gasteiger partial charge in [-0.05, 0) is 34.0 Å². The first-order chi connectivity index (χ1) is 7.69. The van der Waals surface area contributed by atoms with E-state index in [4.69, 9.17) is 20.3 Å². The lowest BCUT2D eigenvalue weighted by Crippen LogP contribution is -2.16. The van der Waals surface area contributed by atoms with Gasteiger partial charge in [0.15, 0.2) is 11.5 Å². The van der Waals surface area contributed by atoms with Crippen LogP contribution in [-0.2, 0) is 6.42 Å². The summed E-state index contributed by atoms with van der Waals surface area (Å²) in [7, 11) is 0. The molecule has 1 aromatic rings. The van der Waals surface area contributed by atoms with Crippen LogP contribution in [0.2, 0.25) is 0 Å². The zero-order valence-corrected chi connectivity index (χ0v) is 10.6. The Labute approximate surface area is 102 Å². The van der Waals surface area contributed by atoms with E-state index in [1.165, 1.54) is 0 Å². The van der Waals surface area contributed by atoms with Gasteiger partial charge in [0.2, 0.25) is 6.79 Å². The van der Waals surface area contributed by atoms with Gasteiger partial charge in [-0.2, -0.15) is 0 Å². The van der Waals surface area contributed by atoms with Crippen LogP contribution in [0.5, 0.6) is 11.5 Å². The Morgan fingerprint density at radius 3 is 2.81 bits per heavy atom. The monoisotopic (exact) mass is 287 g/mol. The van der Waals surface area contributed by atoms with Crippen molar-refractivity contribution < 1.29 is 14.6 Å². The molecule has 0 bridgehead atoms. The summed E-state index contributed by atoms with van der Waals surface area (Å²) in [6.07, 6.45) is 0.794. The molecule has 4 nitrogen and oxygen atoms in total. The van der Waals surface area contributed by atoms with Crippen LogP contribution in [0.4, 0.5) is 0 Å². The van der Waals surface area contributed by atoms with Gasteiger partial charge in [0.1, 0.15) is 0 Å². The normalized spacial score (nSPS) is 15.2. The third-order valence-corrected chi connectivity index (χ3v) is 3.27. The lowest BCUT2D eigenvalue weighted by molar-refractivity contribution is 0.172. The van der Waals surface area contributed by atoms with E-state index in [-0.39, 0.29) is 19.4 Å². The number of aliphatic hydroxyl groups excluding tert-OH is 1. The Hall–Kier alpha value is -0.780. The number of halogens is 1. The molecule has 3 N–H and O–H groups in total. The number of hydrogen-bond donors (Lipinski definition) is 2. The number of ether oxygens (including phenoxy) is 2. The smallest absolute Gasteiger partial charge is 0.231 e. The quantitative estimate of drug-likeness (QED) is 0.889. The highest BCUT2D eigenvalue weighted by Crippen LogP contribution is 2.44. The molecule has 1 atom stereocenters. The SMILES string of the molecule is CCc1c(C(N)CO)cc(Br)c2c1OCO2. The molecule has 1 aromatic carbocycles. The van der Waals surface area contributed by atoms with Gasteiger partial charge in [-0.1, -0.05) is 6.92 Å². The number of benzene rings is 1. The molecule has 0 fully saturated rings. The highest BCUT2D eigenvalue weighted by atomic mass is 79.9. The summed E-state index contributed by atoms with van der Waals surface area (Å²) < 4.78 is 11.6. The molecular formula is C11H14BrNO3. The second-order valence-corrected chi connectivity index (χ2v) is 4.49. The van der Waals surface area contributed by atoms with Crippen LogP contribution < -0.4 is 15.2 Å². The highest BCUT2D eigenvalue weighted by molar-refractivity contribution is 9.10. The van der Waals surface area contributed by atoms with Gasteiger partial charge < -0.3 is 20.3 Å². The van der Waals surface area contributed by atoms with E-state index in [0.29, 0.717) is 0 Å². The lowest BCUT2D eigenvalue weighted by atomic mass is 9.98. The lowest BCUT2D eigenvalue weighted by Gasteiger charge is -2.16. The van der Waals surface area contributed by atoms with E-state index in [2.05, 4.69) is 15.9 Å². The number of aliphatic hydroxyl groups is 1. The van der Waals surface area contributed by atoms with Crippen molar-refractivity contribution in [3.8, 4) is 11.5 Å². The standard InChI is InChI=1S/C11H14BrNO3/c1-2-6-7(9(13)4-14)3-8(12)11-10(6)15-5-16-11/h3,9,14H,2,4-5,13H2,1H3. The summed E-state index contributed by atoms with van der Waals surface area (Å²) in [5.74, 6) is 1.47. The van der Waals surface area contributed by atoms with Crippen molar-refractivity contribution in [3.05, 3.63) is 21.7 Å². The molecule has 0 aliphatic carbocycles. The molecule has 0 spiro atoms. The third-order valence-electron chi connectivity index (χ3n) is 2.68. The van der Waals surface area contributed by atoms with E-state index in [1.807, 2.05) is 13.0 Å². The van der Waals surface area contributed by atoms with E-state index >= 15 is 0 Å². The van der Waals surface area contributed by atoms with Gasteiger partial charge in [-0.15, -0.1) is 0 Å². The van der Waals surface area contributed by atoms with Gasteiger partial charge in [0.05, 0.1) is 17.1 Å². The average molecular weight is 288 g/mol. The van der Waals surface area contributed by atoms with Crippen LogP contribution in [-0.4, -0.2) is 18.5 Å². The van der Waals surface area contributed by atoms with E-state index in [0.717, 1.165) is 33.5 Å². The maximum Gasteiger partial charge on any atom is 0.231 e. The maximum atomic E-state index is 9.14. The fourth-order valence-electron chi connectivity index (χ4n) is 1.89. The van der Waals surface area contributed by atoms with Gasteiger partial charge in [-0.25, -0.2) is 0 Å². The van der Waals surface area contributed by atoms with Crippen molar-refractivity contribution in [1.29, 1.82) is 0 Å². The number of nitrogens with two attached hydrogens (primary N) is 1. The molecule has 0 aromatic heterocycles.